The quantitative estimate of drug-likeness (QED) is 0.603. The van der Waals surface area contributed by atoms with Gasteiger partial charge in [0.05, 0.1) is 12.1 Å². The van der Waals surface area contributed by atoms with Gasteiger partial charge in [-0.2, -0.15) is 13.2 Å². The van der Waals surface area contributed by atoms with E-state index in [2.05, 4.69) is 5.92 Å². The van der Waals surface area contributed by atoms with Gasteiger partial charge in [0.2, 0.25) is 5.91 Å². The van der Waals surface area contributed by atoms with Crippen LogP contribution in [0, 0.1) is 18.2 Å². The lowest BCUT2D eigenvalue weighted by Crippen LogP contribution is -2.36. The van der Waals surface area contributed by atoms with Crippen molar-refractivity contribution in [3.8, 4) is 12.3 Å². The summed E-state index contributed by atoms with van der Waals surface area (Å²) in [6, 6.07) is 6.75. The second kappa shape index (κ2) is 7.87. The Bertz CT molecular complexity index is 880. The summed E-state index contributed by atoms with van der Waals surface area (Å²) >= 11 is 0. The molecule has 0 spiro atoms. The first kappa shape index (κ1) is 19.2. The third-order valence-corrected chi connectivity index (χ3v) is 3.54. The van der Waals surface area contributed by atoms with Crippen molar-refractivity contribution in [2.24, 2.45) is 0 Å². The Kier molecular flexibility index (Phi) is 5.82. The number of pyridine rings is 1. The maximum absolute atomic E-state index is 13.0. The van der Waals surface area contributed by atoms with Crippen molar-refractivity contribution in [1.82, 2.24) is 9.47 Å². The average molecular weight is 366 g/mol. The summed E-state index contributed by atoms with van der Waals surface area (Å²) in [5.74, 6) is 1.20. The number of benzene rings is 1. The highest BCUT2D eigenvalue weighted by Gasteiger charge is 2.31. The fourth-order valence-corrected chi connectivity index (χ4v) is 2.22. The van der Waals surface area contributed by atoms with Crippen LogP contribution >= 0.6 is 0 Å². The third-order valence-electron chi connectivity index (χ3n) is 3.54. The predicted molar refractivity (Wildman–Crippen MR) is 86.4 cm³/mol. The minimum absolute atomic E-state index is 0.0387. The van der Waals surface area contributed by atoms with E-state index in [0.717, 1.165) is 6.07 Å². The standard InChI is InChI=1S/C18H14F4N2O2/c1-2-9-23(10-13-3-6-15(19)7-4-13)17(26)12-24-11-14(18(20,21)22)5-8-16(24)25/h1,3-8,11H,9-10,12H2. The van der Waals surface area contributed by atoms with E-state index in [1.807, 2.05) is 0 Å². The monoisotopic (exact) mass is 366 g/mol. The predicted octanol–water partition coefficient (Wildman–Crippen LogP) is 2.67. The Morgan fingerprint density at radius 2 is 1.81 bits per heavy atom. The Balaban J connectivity index is 2.21. The van der Waals surface area contributed by atoms with Crippen LogP contribution in [-0.2, 0) is 24.1 Å². The minimum atomic E-state index is -4.63. The molecule has 0 aliphatic rings. The van der Waals surface area contributed by atoms with Crippen molar-refractivity contribution in [3.05, 3.63) is 69.9 Å². The number of alkyl halides is 3. The van der Waals surface area contributed by atoms with E-state index in [1.165, 1.54) is 29.2 Å². The van der Waals surface area contributed by atoms with Crippen molar-refractivity contribution in [1.29, 1.82) is 0 Å². The largest absolute Gasteiger partial charge is 0.417 e. The second-order valence-corrected chi connectivity index (χ2v) is 5.46. The molecule has 1 heterocycles. The molecule has 0 aliphatic carbocycles. The zero-order valence-corrected chi connectivity index (χ0v) is 13.5. The van der Waals surface area contributed by atoms with Crippen molar-refractivity contribution >= 4 is 5.91 Å². The highest BCUT2D eigenvalue weighted by molar-refractivity contribution is 5.76. The Morgan fingerprint density at radius 1 is 1.15 bits per heavy atom. The molecule has 0 N–H and O–H groups in total. The first-order valence-electron chi connectivity index (χ1n) is 7.44. The van der Waals surface area contributed by atoms with Gasteiger partial charge in [0, 0.05) is 18.8 Å². The summed E-state index contributed by atoms with van der Waals surface area (Å²) in [6.07, 6.45) is 1.18. The molecular weight excluding hydrogens is 352 g/mol. The smallest absolute Gasteiger partial charge is 0.326 e. The number of terminal acetylenes is 1. The molecule has 0 radical (unpaired) electrons. The van der Waals surface area contributed by atoms with Gasteiger partial charge in [-0.25, -0.2) is 4.39 Å². The molecule has 0 unspecified atom stereocenters. The van der Waals surface area contributed by atoms with Crippen LogP contribution in [-0.4, -0.2) is 21.9 Å². The number of aromatic nitrogens is 1. The van der Waals surface area contributed by atoms with Crippen LogP contribution in [0.25, 0.3) is 0 Å². The van der Waals surface area contributed by atoms with E-state index in [0.29, 0.717) is 22.4 Å². The third kappa shape index (κ3) is 4.96. The van der Waals surface area contributed by atoms with Gasteiger partial charge in [-0.05, 0) is 23.8 Å². The number of hydrogen-bond donors (Lipinski definition) is 0. The Morgan fingerprint density at radius 3 is 2.38 bits per heavy atom. The molecule has 2 aromatic rings. The molecule has 0 aliphatic heterocycles. The summed E-state index contributed by atoms with van der Waals surface area (Å²) in [7, 11) is 0. The van der Waals surface area contributed by atoms with Gasteiger partial charge in [-0.1, -0.05) is 18.1 Å². The van der Waals surface area contributed by atoms with Crippen molar-refractivity contribution in [2.45, 2.75) is 19.3 Å². The lowest BCUT2D eigenvalue weighted by atomic mass is 10.2. The van der Waals surface area contributed by atoms with Crippen LogP contribution in [0.15, 0.2) is 47.4 Å². The topological polar surface area (TPSA) is 42.3 Å². The molecule has 0 fully saturated rings. The molecule has 4 nitrogen and oxygen atoms in total. The summed E-state index contributed by atoms with van der Waals surface area (Å²) in [4.78, 5) is 25.3. The van der Waals surface area contributed by atoms with Crippen molar-refractivity contribution < 1.29 is 22.4 Å². The lowest BCUT2D eigenvalue weighted by Gasteiger charge is -2.21. The van der Waals surface area contributed by atoms with Gasteiger partial charge in [0.1, 0.15) is 12.4 Å². The second-order valence-electron chi connectivity index (χ2n) is 5.46. The number of carbonyl (C=O) groups is 1. The molecule has 1 aromatic carbocycles. The highest BCUT2D eigenvalue weighted by Crippen LogP contribution is 2.28. The van der Waals surface area contributed by atoms with Gasteiger partial charge in [-0.3, -0.25) is 9.59 Å². The maximum Gasteiger partial charge on any atom is 0.417 e. The van der Waals surface area contributed by atoms with Crippen LogP contribution < -0.4 is 5.56 Å². The number of rotatable bonds is 5. The fourth-order valence-electron chi connectivity index (χ4n) is 2.22. The number of halogens is 4. The molecule has 1 amide bonds. The number of hydrogen-bond acceptors (Lipinski definition) is 2. The van der Waals surface area contributed by atoms with Crippen LogP contribution in [0.4, 0.5) is 17.6 Å². The molecule has 0 bridgehead atoms. The SMILES string of the molecule is C#CCN(Cc1ccc(F)cc1)C(=O)Cn1cc(C(F)(F)F)ccc1=O. The summed E-state index contributed by atoms with van der Waals surface area (Å²) in [5, 5.41) is 0. The number of carbonyl (C=O) groups excluding carboxylic acids is 1. The first-order valence-corrected chi connectivity index (χ1v) is 7.44. The van der Waals surface area contributed by atoms with E-state index >= 15 is 0 Å². The van der Waals surface area contributed by atoms with Crippen LogP contribution in [0.5, 0.6) is 0 Å². The molecule has 0 saturated carbocycles. The highest BCUT2D eigenvalue weighted by atomic mass is 19.4. The summed E-state index contributed by atoms with van der Waals surface area (Å²) in [6.45, 7) is -0.660. The van der Waals surface area contributed by atoms with E-state index in [9.17, 15) is 27.2 Å². The normalized spacial score (nSPS) is 11.0. The van der Waals surface area contributed by atoms with Gasteiger partial charge in [-0.15, -0.1) is 6.42 Å². The molecule has 136 valence electrons. The van der Waals surface area contributed by atoms with Crippen LogP contribution in [0.1, 0.15) is 11.1 Å². The maximum atomic E-state index is 13.0. The summed E-state index contributed by atoms with van der Waals surface area (Å²) < 4.78 is 51.9. The number of nitrogens with zero attached hydrogens (tertiary/aromatic N) is 2. The summed E-state index contributed by atoms with van der Waals surface area (Å²) in [5.41, 5.74) is -1.19. The molecule has 26 heavy (non-hydrogen) atoms. The van der Waals surface area contributed by atoms with Crippen LogP contribution in [0.2, 0.25) is 0 Å². The molecular formula is C18H14F4N2O2. The van der Waals surface area contributed by atoms with E-state index in [-0.39, 0.29) is 13.1 Å². The molecule has 2 rings (SSSR count). The van der Waals surface area contributed by atoms with Gasteiger partial charge in [0.25, 0.3) is 5.56 Å². The Labute approximate surface area is 146 Å². The average Bonchev–Trinajstić information content (AvgIpc) is 2.57. The molecule has 1 aromatic heterocycles. The Hall–Kier alpha value is -3.08. The van der Waals surface area contributed by atoms with E-state index in [1.54, 1.807) is 0 Å². The van der Waals surface area contributed by atoms with E-state index < -0.39 is 35.6 Å². The van der Waals surface area contributed by atoms with Gasteiger partial charge in [0.15, 0.2) is 0 Å². The zero-order chi connectivity index (χ0) is 19.3. The number of amides is 1. The molecule has 0 saturated heterocycles. The van der Waals surface area contributed by atoms with E-state index in [4.69, 9.17) is 6.42 Å². The minimum Gasteiger partial charge on any atom is -0.326 e. The fraction of sp³-hybridized carbons (Fsp3) is 0.222. The first-order chi connectivity index (χ1) is 12.2. The van der Waals surface area contributed by atoms with Crippen LogP contribution in [0.3, 0.4) is 0 Å². The van der Waals surface area contributed by atoms with Gasteiger partial charge < -0.3 is 9.47 Å². The zero-order valence-electron chi connectivity index (χ0n) is 13.5. The molecule has 0 atom stereocenters. The van der Waals surface area contributed by atoms with Crippen molar-refractivity contribution in [2.75, 3.05) is 6.54 Å². The molecule has 8 heteroatoms. The lowest BCUT2D eigenvalue weighted by molar-refractivity contribution is -0.138. The van der Waals surface area contributed by atoms with Crippen molar-refractivity contribution in [3.63, 3.8) is 0 Å². The van der Waals surface area contributed by atoms with Gasteiger partial charge >= 0.3 is 6.18 Å².